The standard InChI is InChI=1S/C22H14O2/c1-3-7-21(8-4-1)23-17-15-19-11-13-20(14-12-19)16-18-24-22-9-5-2-6-10-22/h1-14H. The molecule has 0 saturated carbocycles. The highest BCUT2D eigenvalue weighted by atomic mass is 16.5. The third-order valence-electron chi connectivity index (χ3n) is 3.10. The molecule has 0 atom stereocenters. The fraction of sp³-hybridized carbons (Fsp3) is 0. The van der Waals surface area contributed by atoms with E-state index in [2.05, 4.69) is 24.1 Å². The maximum atomic E-state index is 5.34. The predicted molar refractivity (Wildman–Crippen MR) is 94.3 cm³/mol. The Morgan fingerprint density at radius 3 is 1.21 bits per heavy atom. The molecule has 3 aromatic carbocycles. The van der Waals surface area contributed by atoms with E-state index >= 15 is 0 Å². The summed E-state index contributed by atoms with van der Waals surface area (Å²) in [4.78, 5) is 0. The van der Waals surface area contributed by atoms with Crippen LogP contribution in [0.2, 0.25) is 0 Å². The molecule has 0 unspecified atom stereocenters. The third-order valence-corrected chi connectivity index (χ3v) is 3.10. The van der Waals surface area contributed by atoms with Crippen LogP contribution >= 0.6 is 0 Å². The zero-order valence-corrected chi connectivity index (χ0v) is 12.9. The van der Waals surface area contributed by atoms with Crippen molar-refractivity contribution < 1.29 is 9.47 Å². The minimum atomic E-state index is 0.727. The fourth-order valence-corrected chi connectivity index (χ4v) is 1.90. The van der Waals surface area contributed by atoms with E-state index in [-0.39, 0.29) is 0 Å². The van der Waals surface area contributed by atoms with Crippen molar-refractivity contribution in [2.45, 2.75) is 0 Å². The average Bonchev–Trinajstić information content (AvgIpc) is 2.65. The van der Waals surface area contributed by atoms with Crippen LogP contribution in [0.15, 0.2) is 84.9 Å². The summed E-state index contributed by atoms with van der Waals surface area (Å²) >= 11 is 0. The Morgan fingerprint density at radius 1 is 0.458 bits per heavy atom. The van der Waals surface area contributed by atoms with Gasteiger partial charge in [-0.15, -0.1) is 0 Å². The lowest BCUT2D eigenvalue weighted by Gasteiger charge is -1.95. The molecule has 0 N–H and O–H groups in total. The van der Waals surface area contributed by atoms with E-state index in [1.165, 1.54) is 0 Å². The Kier molecular flexibility index (Phi) is 5.18. The maximum absolute atomic E-state index is 5.34. The van der Waals surface area contributed by atoms with E-state index in [9.17, 15) is 0 Å². The minimum Gasteiger partial charge on any atom is -0.407 e. The predicted octanol–water partition coefficient (Wildman–Crippen LogP) is 4.46. The molecule has 24 heavy (non-hydrogen) atoms. The van der Waals surface area contributed by atoms with Gasteiger partial charge in [0.2, 0.25) is 0 Å². The summed E-state index contributed by atoms with van der Waals surface area (Å²) in [6.45, 7) is 0. The van der Waals surface area contributed by atoms with Gasteiger partial charge in [0.15, 0.2) is 0 Å². The van der Waals surface area contributed by atoms with Gasteiger partial charge in [-0.2, -0.15) is 0 Å². The van der Waals surface area contributed by atoms with Crippen LogP contribution in [0.1, 0.15) is 11.1 Å². The summed E-state index contributed by atoms with van der Waals surface area (Å²) in [6, 6.07) is 26.5. The van der Waals surface area contributed by atoms with Gasteiger partial charge in [-0.1, -0.05) is 36.4 Å². The molecule has 0 radical (unpaired) electrons. The van der Waals surface area contributed by atoms with Gasteiger partial charge in [-0.05, 0) is 60.4 Å². The summed E-state index contributed by atoms with van der Waals surface area (Å²) < 4.78 is 10.7. The zero-order valence-electron chi connectivity index (χ0n) is 12.9. The Labute approximate surface area is 141 Å². The third kappa shape index (κ3) is 4.70. The van der Waals surface area contributed by atoms with Gasteiger partial charge >= 0.3 is 0 Å². The van der Waals surface area contributed by atoms with Crippen LogP contribution in [0.5, 0.6) is 11.5 Å². The van der Waals surface area contributed by atoms with Crippen molar-refractivity contribution in [2.75, 3.05) is 0 Å². The smallest absolute Gasteiger partial charge is 0.140 e. The molecular weight excluding hydrogens is 296 g/mol. The van der Waals surface area contributed by atoms with Crippen molar-refractivity contribution in [2.24, 2.45) is 0 Å². The number of benzene rings is 3. The summed E-state index contributed by atoms with van der Waals surface area (Å²) in [6.07, 6.45) is 5.38. The second kappa shape index (κ2) is 8.13. The molecule has 2 nitrogen and oxygen atoms in total. The first-order valence-electron chi connectivity index (χ1n) is 7.46. The molecule has 0 amide bonds. The first-order valence-corrected chi connectivity index (χ1v) is 7.46. The van der Waals surface area contributed by atoms with Crippen molar-refractivity contribution in [1.82, 2.24) is 0 Å². The number of ether oxygens (including phenoxy) is 2. The molecule has 0 heterocycles. The van der Waals surface area contributed by atoms with Gasteiger partial charge in [-0.3, -0.25) is 0 Å². The van der Waals surface area contributed by atoms with Crippen molar-refractivity contribution in [3.05, 3.63) is 96.1 Å². The molecular formula is C22H14O2. The van der Waals surface area contributed by atoms with Crippen LogP contribution in [0, 0.1) is 24.1 Å². The van der Waals surface area contributed by atoms with E-state index in [1.54, 1.807) is 0 Å². The van der Waals surface area contributed by atoms with Crippen molar-refractivity contribution in [3.63, 3.8) is 0 Å². The molecule has 0 spiro atoms. The molecule has 114 valence electrons. The van der Waals surface area contributed by atoms with Crippen LogP contribution in [0.3, 0.4) is 0 Å². The van der Waals surface area contributed by atoms with Crippen LogP contribution in [0.25, 0.3) is 0 Å². The molecule has 0 aliphatic carbocycles. The Hall–Kier alpha value is -3.62. The van der Waals surface area contributed by atoms with Gasteiger partial charge in [0.1, 0.15) is 23.7 Å². The van der Waals surface area contributed by atoms with E-state index in [0.717, 1.165) is 22.6 Å². The SMILES string of the molecule is C(#Cc1ccc(C#COc2ccccc2)cc1)Oc1ccccc1. The molecule has 2 heteroatoms. The van der Waals surface area contributed by atoms with E-state index in [0.29, 0.717) is 0 Å². The Balaban J connectivity index is 1.58. The van der Waals surface area contributed by atoms with Crippen molar-refractivity contribution in [3.8, 4) is 35.6 Å². The number of hydrogen-bond acceptors (Lipinski definition) is 2. The molecule has 3 rings (SSSR count). The van der Waals surface area contributed by atoms with Crippen molar-refractivity contribution in [1.29, 1.82) is 0 Å². The highest BCUT2D eigenvalue weighted by Crippen LogP contribution is 2.08. The fourth-order valence-electron chi connectivity index (χ4n) is 1.90. The average molecular weight is 310 g/mol. The van der Waals surface area contributed by atoms with Crippen LogP contribution in [0.4, 0.5) is 0 Å². The lowest BCUT2D eigenvalue weighted by molar-refractivity contribution is 0.519. The summed E-state index contributed by atoms with van der Waals surface area (Å²) in [5.74, 6) is 7.36. The van der Waals surface area contributed by atoms with Crippen LogP contribution in [-0.2, 0) is 0 Å². The number of rotatable bonds is 2. The lowest BCUT2D eigenvalue weighted by Crippen LogP contribution is -1.84. The molecule has 0 bridgehead atoms. The molecule has 0 fully saturated rings. The summed E-state index contributed by atoms with van der Waals surface area (Å²) in [7, 11) is 0. The van der Waals surface area contributed by atoms with E-state index < -0.39 is 0 Å². The van der Waals surface area contributed by atoms with E-state index in [4.69, 9.17) is 9.47 Å². The number of para-hydroxylation sites is 2. The number of hydrogen-bond donors (Lipinski definition) is 0. The molecule has 0 aliphatic rings. The Morgan fingerprint density at radius 2 is 0.833 bits per heavy atom. The zero-order chi connectivity index (χ0) is 16.5. The highest BCUT2D eigenvalue weighted by Gasteiger charge is 1.91. The summed E-state index contributed by atoms with van der Waals surface area (Å²) in [5.41, 5.74) is 1.72. The monoisotopic (exact) mass is 310 g/mol. The normalized spacial score (nSPS) is 9.00. The maximum Gasteiger partial charge on any atom is 0.140 e. The highest BCUT2D eigenvalue weighted by molar-refractivity contribution is 5.41. The van der Waals surface area contributed by atoms with Gasteiger partial charge in [0.25, 0.3) is 0 Å². The second-order valence-electron chi connectivity index (χ2n) is 4.86. The van der Waals surface area contributed by atoms with Crippen molar-refractivity contribution >= 4 is 0 Å². The van der Waals surface area contributed by atoms with Gasteiger partial charge in [0, 0.05) is 11.1 Å². The molecule has 0 aliphatic heterocycles. The largest absolute Gasteiger partial charge is 0.407 e. The first-order chi connectivity index (χ1) is 11.9. The van der Waals surface area contributed by atoms with Gasteiger partial charge in [-0.25, -0.2) is 0 Å². The topological polar surface area (TPSA) is 18.5 Å². The van der Waals surface area contributed by atoms with Crippen LogP contribution < -0.4 is 9.47 Å². The lowest BCUT2D eigenvalue weighted by atomic mass is 10.1. The van der Waals surface area contributed by atoms with Crippen LogP contribution in [-0.4, -0.2) is 0 Å². The quantitative estimate of drug-likeness (QED) is 0.651. The minimum absolute atomic E-state index is 0.727. The van der Waals surface area contributed by atoms with E-state index in [1.807, 2.05) is 84.9 Å². The van der Waals surface area contributed by atoms with Gasteiger partial charge in [0.05, 0.1) is 0 Å². The first kappa shape index (κ1) is 15.3. The Bertz CT molecular complexity index is 812. The molecule has 0 saturated heterocycles. The molecule has 0 aromatic heterocycles. The molecule has 3 aromatic rings. The second-order valence-corrected chi connectivity index (χ2v) is 4.86. The van der Waals surface area contributed by atoms with Gasteiger partial charge < -0.3 is 9.47 Å². The summed E-state index contributed by atoms with van der Waals surface area (Å²) in [5, 5.41) is 0.